The molecule has 0 aliphatic carbocycles. The Morgan fingerprint density at radius 1 is 1.07 bits per heavy atom. The Morgan fingerprint density at radius 3 is 2.41 bits per heavy atom. The van der Waals surface area contributed by atoms with Gasteiger partial charge in [0.2, 0.25) is 0 Å². The number of fused-ring (bicyclic) bond motifs is 1. The molecule has 0 spiro atoms. The molecule has 1 heterocycles. The van der Waals surface area contributed by atoms with Gasteiger partial charge in [0.25, 0.3) is 5.91 Å². The minimum Gasteiger partial charge on any atom is -0.452 e. The highest BCUT2D eigenvalue weighted by Gasteiger charge is 2.20. The molecule has 0 saturated carbocycles. The van der Waals surface area contributed by atoms with Gasteiger partial charge in [0.15, 0.2) is 6.61 Å². The fraction of sp³-hybridized carbons (Fsp3) is 0.261. The number of carbonyl (C=O) groups is 2. The predicted molar refractivity (Wildman–Crippen MR) is 116 cm³/mol. The molecule has 2 aromatic carbocycles. The van der Waals surface area contributed by atoms with E-state index in [1.165, 1.54) is 0 Å². The van der Waals surface area contributed by atoms with Gasteiger partial charge >= 0.3 is 5.97 Å². The number of benzene rings is 2. The monoisotopic (exact) mass is 391 g/mol. The first-order valence-corrected chi connectivity index (χ1v) is 9.53. The Bertz CT molecular complexity index is 1040. The molecule has 29 heavy (non-hydrogen) atoms. The van der Waals surface area contributed by atoms with Gasteiger partial charge in [-0.15, -0.1) is 0 Å². The SMILES string of the molecule is CCc1nc2ccccc2c(C)c1C(=O)OCC(=O)Nc1ccc(N(C)C)cc1. The van der Waals surface area contributed by atoms with Crippen LogP contribution in [0, 0.1) is 6.92 Å². The first-order chi connectivity index (χ1) is 13.9. The fourth-order valence-corrected chi connectivity index (χ4v) is 3.21. The van der Waals surface area contributed by atoms with Crippen molar-refractivity contribution >= 4 is 34.2 Å². The summed E-state index contributed by atoms with van der Waals surface area (Å²) in [5, 5.41) is 3.64. The Kier molecular flexibility index (Phi) is 6.12. The van der Waals surface area contributed by atoms with Crippen molar-refractivity contribution in [3.05, 3.63) is 65.4 Å². The summed E-state index contributed by atoms with van der Waals surface area (Å²) >= 11 is 0. The molecule has 1 aromatic heterocycles. The third-order valence-electron chi connectivity index (χ3n) is 4.77. The van der Waals surface area contributed by atoms with Gasteiger partial charge < -0.3 is 15.0 Å². The van der Waals surface area contributed by atoms with E-state index in [-0.39, 0.29) is 12.5 Å². The summed E-state index contributed by atoms with van der Waals surface area (Å²) in [5.41, 5.74) is 4.45. The number of hydrogen-bond donors (Lipinski definition) is 1. The molecule has 0 saturated heterocycles. The van der Waals surface area contributed by atoms with Gasteiger partial charge in [-0.2, -0.15) is 0 Å². The normalized spacial score (nSPS) is 10.6. The lowest BCUT2D eigenvalue weighted by Gasteiger charge is -2.14. The van der Waals surface area contributed by atoms with Crippen molar-refractivity contribution in [2.24, 2.45) is 0 Å². The molecule has 0 radical (unpaired) electrons. The van der Waals surface area contributed by atoms with E-state index in [0.717, 1.165) is 22.2 Å². The number of carbonyl (C=O) groups excluding carboxylic acids is 2. The molecule has 0 atom stereocenters. The Morgan fingerprint density at radius 2 is 1.76 bits per heavy atom. The molecular weight excluding hydrogens is 366 g/mol. The van der Waals surface area contributed by atoms with Crippen LogP contribution in [0.4, 0.5) is 11.4 Å². The van der Waals surface area contributed by atoms with E-state index in [1.807, 2.05) is 81.4 Å². The lowest BCUT2D eigenvalue weighted by molar-refractivity contribution is -0.119. The molecule has 3 rings (SSSR count). The summed E-state index contributed by atoms with van der Waals surface area (Å²) in [5.74, 6) is -0.920. The van der Waals surface area contributed by atoms with Crippen LogP contribution in [0.25, 0.3) is 10.9 Å². The van der Waals surface area contributed by atoms with Crippen LogP contribution >= 0.6 is 0 Å². The van der Waals surface area contributed by atoms with Gasteiger partial charge in [-0.05, 0) is 49.2 Å². The number of aryl methyl sites for hydroxylation is 2. The second-order valence-electron chi connectivity index (χ2n) is 6.99. The standard InChI is InChI=1S/C23H25N3O3/c1-5-19-22(15(2)18-8-6-7-9-20(18)25-19)23(28)29-14-21(27)24-16-10-12-17(13-11-16)26(3)4/h6-13H,5,14H2,1-4H3,(H,24,27). The van der Waals surface area contributed by atoms with Crippen molar-refractivity contribution in [3.63, 3.8) is 0 Å². The summed E-state index contributed by atoms with van der Waals surface area (Å²) in [6, 6.07) is 15.1. The average Bonchev–Trinajstić information content (AvgIpc) is 2.72. The largest absolute Gasteiger partial charge is 0.452 e. The maximum absolute atomic E-state index is 12.7. The van der Waals surface area contributed by atoms with Crippen LogP contribution in [-0.4, -0.2) is 37.6 Å². The molecule has 0 unspecified atom stereocenters. The zero-order chi connectivity index (χ0) is 21.0. The van der Waals surface area contributed by atoms with Crippen molar-refractivity contribution in [1.82, 2.24) is 4.98 Å². The number of hydrogen-bond acceptors (Lipinski definition) is 5. The maximum Gasteiger partial charge on any atom is 0.340 e. The van der Waals surface area contributed by atoms with Crippen LogP contribution in [0.2, 0.25) is 0 Å². The number of ether oxygens (including phenoxy) is 1. The molecule has 0 aliphatic rings. The number of nitrogens with zero attached hydrogens (tertiary/aromatic N) is 2. The molecule has 0 fully saturated rings. The zero-order valence-corrected chi connectivity index (χ0v) is 17.2. The number of esters is 1. The molecule has 3 aromatic rings. The molecule has 1 amide bonds. The second kappa shape index (κ2) is 8.73. The van der Waals surface area contributed by atoms with Crippen LogP contribution < -0.4 is 10.2 Å². The lowest BCUT2D eigenvalue weighted by atomic mass is 10.0. The van der Waals surface area contributed by atoms with E-state index in [0.29, 0.717) is 23.4 Å². The number of nitrogens with one attached hydrogen (secondary N) is 1. The summed E-state index contributed by atoms with van der Waals surface area (Å²) in [6.07, 6.45) is 0.598. The Hall–Kier alpha value is -3.41. The summed E-state index contributed by atoms with van der Waals surface area (Å²) in [4.78, 5) is 31.5. The van der Waals surface area contributed by atoms with E-state index >= 15 is 0 Å². The molecule has 0 bridgehead atoms. The summed E-state index contributed by atoms with van der Waals surface area (Å²) < 4.78 is 5.30. The van der Waals surface area contributed by atoms with Gasteiger partial charge in [0, 0.05) is 30.9 Å². The van der Waals surface area contributed by atoms with Gasteiger partial charge in [0.1, 0.15) is 0 Å². The highest BCUT2D eigenvalue weighted by atomic mass is 16.5. The van der Waals surface area contributed by atoms with Crippen LogP contribution in [0.3, 0.4) is 0 Å². The van der Waals surface area contributed by atoms with Crippen LogP contribution in [0.15, 0.2) is 48.5 Å². The quantitative estimate of drug-likeness (QED) is 0.644. The van der Waals surface area contributed by atoms with Crippen molar-refractivity contribution < 1.29 is 14.3 Å². The molecular formula is C23H25N3O3. The highest BCUT2D eigenvalue weighted by molar-refractivity contribution is 6.00. The van der Waals surface area contributed by atoms with E-state index in [1.54, 1.807) is 0 Å². The minimum atomic E-state index is -0.532. The van der Waals surface area contributed by atoms with Gasteiger partial charge in [-0.3, -0.25) is 9.78 Å². The minimum absolute atomic E-state index is 0.357. The maximum atomic E-state index is 12.7. The topological polar surface area (TPSA) is 71.5 Å². The zero-order valence-electron chi connectivity index (χ0n) is 17.2. The molecule has 1 N–H and O–H groups in total. The van der Waals surface area contributed by atoms with Crippen molar-refractivity contribution in [2.45, 2.75) is 20.3 Å². The third kappa shape index (κ3) is 4.54. The Labute approximate surface area is 170 Å². The number of para-hydroxylation sites is 1. The van der Waals surface area contributed by atoms with Crippen LogP contribution in [0.5, 0.6) is 0 Å². The van der Waals surface area contributed by atoms with Crippen LogP contribution in [-0.2, 0) is 16.0 Å². The fourth-order valence-electron chi connectivity index (χ4n) is 3.21. The van der Waals surface area contributed by atoms with Crippen LogP contribution in [0.1, 0.15) is 28.5 Å². The summed E-state index contributed by atoms with van der Waals surface area (Å²) in [6.45, 7) is 3.47. The second-order valence-corrected chi connectivity index (χ2v) is 6.99. The number of amides is 1. The number of rotatable bonds is 6. The van der Waals surface area contributed by atoms with Gasteiger partial charge in [0.05, 0.1) is 16.8 Å². The third-order valence-corrected chi connectivity index (χ3v) is 4.77. The van der Waals surface area contributed by atoms with Crippen molar-refractivity contribution in [3.8, 4) is 0 Å². The Balaban J connectivity index is 1.70. The summed E-state index contributed by atoms with van der Waals surface area (Å²) in [7, 11) is 3.89. The van der Waals surface area contributed by atoms with Crippen molar-refractivity contribution in [2.75, 3.05) is 30.9 Å². The van der Waals surface area contributed by atoms with E-state index in [9.17, 15) is 9.59 Å². The van der Waals surface area contributed by atoms with Gasteiger partial charge in [-0.1, -0.05) is 25.1 Å². The molecule has 6 nitrogen and oxygen atoms in total. The molecule has 150 valence electrons. The lowest BCUT2D eigenvalue weighted by Crippen LogP contribution is -2.22. The molecule has 6 heteroatoms. The van der Waals surface area contributed by atoms with E-state index in [2.05, 4.69) is 10.3 Å². The van der Waals surface area contributed by atoms with Crippen molar-refractivity contribution in [1.29, 1.82) is 0 Å². The van der Waals surface area contributed by atoms with E-state index in [4.69, 9.17) is 4.74 Å². The van der Waals surface area contributed by atoms with Gasteiger partial charge in [-0.25, -0.2) is 4.79 Å². The predicted octanol–water partition coefficient (Wildman–Crippen LogP) is 3.97. The smallest absolute Gasteiger partial charge is 0.340 e. The highest BCUT2D eigenvalue weighted by Crippen LogP contribution is 2.24. The first kappa shape index (κ1) is 20.3. The first-order valence-electron chi connectivity index (χ1n) is 9.53. The number of anilines is 2. The average molecular weight is 391 g/mol. The number of pyridine rings is 1. The number of aromatic nitrogens is 1. The van der Waals surface area contributed by atoms with E-state index < -0.39 is 5.97 Å². The molecule has 0 aliphatic heterocycles.